The molecule has 0 N–H and O–H groups in total. The maximum atomic E-state index is 5.47. The van der Waals surface area contributed by atoms with Crippen molar-refractivity contribution in [2.45, 2.75) is 33.1 Å². The fraction of sp³-hybridized carbons (Fsp3) is 0.538. The van der Waals surface area contributed by atoms with Crippen LogP contribution < -0.4 is 9.47 Å². The summed E-state index contributed by atoms with van der Waals surface area (Å²) in [6, 6.07) is 6.17. The van der Waals surface area contributed by atoms with Gasteiger partial charge in [-0.25, -0.2) is 0 Å². The molecule has 1 aromatic rings. The van der Waals surface area contributed by atoms with Crippen LogP contribution in [0, 0.1) is 0 Å². The Bertz CT molecular complexity index is 307. The summed E-state index contributed by atoms with van der Waals surface area (Å²) in [6.07, 6.45) is 1.14. The Morgan fingerprint density at radius 2 is 1.93 bits per heavy atom. The minimum absolute atomic E-state index is 0.564. The van der Waals surface area contributed by atoms with E-state index in [0.29, 0.717) is 12.5 Å². The SMILES string of the molecule is CCOc1ccc(C(C)CC)cc1OC. The van der Waals surface area contributed by atoms with Crippen LogP contribution in [0.15, 0.2) is 18.2 Å². The lowest BCUT2D eigenvalue weighted by atomic mass is 9.98. The second-order valence-corrected chi connectivity index (χ2v) is 3.65. The number of ether oxygens (including phenoxy) is 2. The zero-order valence-corrected chi connectivity index (χ0v) is 10.0. The second-order valence-electron chi connectivity index (χ2n) is 3.65. The van der Waals surface area contributed by atoms with Crippen LogP contribution in [-0.2, 0) is 0 Å². The Morgan fingerprint density at radius 1 is 1.20 bits per heavy atom. The summed E-state index contributed by atoms with van der Waals surface area (Å²) in [7, 11) is 1.68. The van der Waals surface area contributed by atoms with E-state index >= 15 is 0 Å². The first-order valence-corrected chi connectivity index (χ1v) is 5.53. The molecule has 0 aliphatic heterocycles. The molecular formula is C13H20O2. The molecule has 0 fully saturated rings. The van der Waals surface area contributed by atoms with Gasteiger partial charge < -0.3 is 9.47 Å². The highest BCUT2D eigenvalue weighted by atomic mass is 16.5. The van der Waals surface area contributed by atoms with Gasteiger partial charge in [-0.3, -0.25) is 0 Å². The van der Waals surface area contributed by atoms with Crippen LogP contribution in [0.5, 0.6) is 11.5 Å². The third-order valence-electron chi connectivity index (χ3n) is 2.67. The molecule has 0 aliphatic carbocycles. The summed E-state index contributed by atoms with van der Waals surface area (Å²) in [4.78, 5) is 0. The van der Waals surface area contributed by atoms with E-state index in [0.717, 1.165) is 17.9 Å². The molecular weight excluding hydrogens is 188 g/mol. The average Bonchev–Trinajstić information content (AvgIpc) is 2.29. The Morgan fingerprint density at radius 3 is 2.47 bits per heavy atom. The Hall–Kier alpha value is -1.18. The molecule has 2 heteroatoms. The van der Waals surface area contributed by atoms with Gasteiger partial charge >= 0.3 is 0 Å². The maximum absolute atomic E-state index is 5.47. The minimum Gasteiger partial charge on any atom is -0.493 e. The molecule has 1 rings (SSSR count). The van der Waals surface area contributed by atoms with E-state index in [-0.39, 0.29) is 0 Å². The molecule has 0 saturated carbocycles. The molecule has 0 aromatic heterocycles. The van der Waals surface area contributed by atoms with E-state index in [4.69, 9.17) is 9.47 Å². The van der Waals surface area contributed by atoms with E-state index in [1.54, 1.807) is 7.11 Å². The van der Waals surface area contributed by atoms with Crippen molar-refractivity contribution >= 4 is 0 Å². The molecule has 0 saturated heterocycles. The smallest absolute Gasteiger partial charge is 0.161 e. The van der Waals surface area contributed by atoms with Gasteiger partial charge in [-0.1, -0.05) is 19.9 Å². The summed E-state index contributed by atoms with van der Waals surface area (Å²) in [5.74, 6) is 2.22. The van der Waals surface area contributed by atoms with Crippen molar-refractivity contribution in [3.05, 3.63) is 23.8 Å². The highest BCUT2D eigenvalue weighted by molar-refractivity contribution is 5.43. The van der Waals surface area contributed by atoms with Crippen LogP contribution in [0.2, 0.25) is 0 Å². The Labute approximate surface area is 92.2 Å². The van der Waals surface area contributed by atoms with Gasteiger partial charge in [0.1, 0.15) is 0 Å². The maximum Gasteiger partial charge on any atom is 0.161 e. The van der Waals surface area contributed by atoms with Crippen molar-refractivity contribution in [1.29, 1.82) is 0 Å². The van der Waals surface area contributed by atoms with E-state index in [9.17, 15) is 0 Å². The molecule has 2 nitrogen and oxygen atoms in total. The predicted molar refractivity (Wildman–Crippen MR) is 62.9 cm³/mol. The van der Waals surface area contributed by atoms with Gasteiger partial charge in [0.2, 0.25) is 0 Å². The molecule has 0 aliphatic rings. The molecule has 0 amide bonds. The first kappa shape index (κ1) is 11.9. The number of benzene rings is 1. The average molecular weight is 208 g/mol. The summed E-state index contributed by atoms with van der Waals surface area (Å²) in [6.45, 7) is 7.05. The topological polar surface area (TPSA) is 18.5 Å². The molecule has 0 spiro atoms. The fourth-order valence-corrected chi connectivity index (χ4v) is 1.50. The molecule has 0 radical (unpaired) electrons. The van der Waals surface area contributed by atoms with Crippen molar-refractivity contribution in [2.75, 3.05) is 13.7 Å². The second kappa shape index (κ2) is 5.64. The highest BCUT2D eigenvalue weighted by Crippen LogP contribution is 2.31. The van der Waals surface area contributed by atoms with Gasteiger partial charge in [0.15, 0.2) is 11.5 Å². The molecule has 0 bridgehead atoms. The van der Waals surface area contributed by atoms with Gasteiger partial charge in [-0.2, -0.15) is 0 Å². The summed E-state index contributed by atoms with van der Waals surface area (Å²) in [5, 5.41) is 0. The van der Waals surface area contributed by atoms with E-state index < -0.39 is 0 Å². The van der Waals surface area contributed by atoms with Gasteiger partial charge in [0.25, 0.3) is 0 Å². The van der Waals surface area contributed by atoms with E-state index in [1.165, 1.54) is 5.56 Å². The first-order chi connectivity index (χ1) is 7.22. The number of hydrogen-bond acceptors (Lipinski definition) is 2. The summed E-state index contributed by atoms with van der Waals surface area (Å²) in [5.41, 5.74) is 1.30. The first-order valence-electron chi connectivity index (χ1n) is 5.53. The molecule has 0 heterocycles. The number of methoxy groups -OCH3 is 1. The fourth-order valence-electron chi connectivity index (χ4n) is 1.50. The Kier molecular flexibility index (Phi) is 4.47. The minimum atomic E-state index is 0.564. The van der Waals surface area contributed by atoms with Crippen LogP contribution in [0.1, 0.15) is 38.7 Å². The van der Waals surface area contributed by atoms with Gasteiger partial charge in [0, 0.05) is 0 Å². The van der Waals surface area contributed by atoms with Gasteiger partial charge in [-0.15, -0.1) is 0 Å². The van der Waals surface area contributed by atoms with Crippen LogP contribution >= 0.6 is 0 Å². The highest BCUT2D eigenvalue weighted by Gasteiger charge is 2.08. The quantitative estimate of drug-likeness (QED) is 0.736. The normalized spacial score (nSPS) is 12.3. The van der Waals surface area contributed by atoms with Gasteiger partial charge in [-0.05, 0) is 37.0 Å². The van der Waals surface area contributed by atoms with Crippen molar-refractivity contribution in [1.82, 2.24) is 0 Å². The molecule has 15 heavy (non-hydrogen) atoms. The summed E-state index contributed by atoms with van der Waals surface area (Å²) < 4.78 is 10.8. The van der Waals surface area contributed by atoms with E-state index in [1.807, 2.05) is 13.0 Å². The molecule has 1 atom stereocenters. The Balaban J connectivity index is 2.96. The third kappa shape index (κ3) is 2.88. The molecule has 1 unspecified atom stereocenters. The van der Waals surface area contributed by atoms with Crippen LogP contribution in [0.25, 0.3) is 0 Å². The van der Waals surface area contributed by atoms with Crippen LogP contribution in [-0.4, -0.2) is 13.7 Å². The monoisotopic (exact) mass is 208 g/mol. The van der Waals surface area contributed by atoms with Crippen molar-refractivity contribution < 1.29 is 9.47 Å². The van der Waals surface area contributed by atoms with Crippen LogP contribution in [0.4, 0.5) is 0 Å². The molecule has 84 valence electrons. The lowest BCUT2D eigenvalue weighted by Gasteiger charge is -2.14. The number of rotatable bonds is 5. The van der Waals surface area contributed by atoms with Crippen molar-refractivity contribution in [2.24, 2.45) is 0 Å². The molecule has 1 aromatic carbocycles. The van der Waals surface area contributed by atoms with Crippen molar-refractivity contribution in [3.8, 4) is 11.5 Å². The predicted octanol–water partition coefficient (Wildman–Crippen LogP) is 3.61. The zero-order valence-electron chi connectivity index (χ0n) is 10.0. The van der Waals surface area contributed by atoms with Crippen molar-refractivity contribution in [3.63, 3.8) is 0 Å². The van der Waals surface area contributed by atoms with E-state index in [2.05, 4.69) is 26.0 Å². The largest absolute Gasteiger partial charge is 0.493 e. The third-order valence-corrected chi connectivity index (χ3v) is 2.67. The number of hydrogen-bond donors (Lipinski definition) is 0. The summed E-state index contributed by atoms with van der Waals surface area (Å²) >= 11 is 0. The lowest BCUT2D eigenvalue weighted by Crippen LogP contribution is -1.98. The zero-order chi connectivity index (χ0) is 11.3. The van der Waals surface area contributed by atoms with Gasteiger partial charge in [0.05, 0.1) is 13.7 Å². The van der Waals surface area contributed by atoms with Crippen LogP contribution in [0.3, 0.4) is 0 Å². The standard InChI is InChI=1S/C13H20O2/c1-5-10(3)11-7-8-12(15-6-2)13(9-11)14-4/h7-10H,5-6H2,1-4H3. The lowest BCUT2D eigenvalue weighted by molar-refractivity contribution is 0.310.